The van der Waals surface area contributed by atoms with Gasteiger partial charge in [-0.15, -0.1) is 0 Å². The maximum atomic E-state index is 12.4. The summed E-state index contributed by atoms with van der Waals surface area (Å²) in [5.41, 5.74) is 1.10. The third-order valence-electron chi connectivity index (χ3n) is 4.24. The summed E-state index contributed by atoms with van der Waals surface area (Å²) in [5.74, 6) is 0.115. The molecule has 1 fully saturated rings. The molecule has 7 heteroatoms. The first-order chi connectivity index (χ1) is 11.5. The van der Waals surface area contributed by atoms with Gasteiger partial charge in [0.05, 0.1) is 5.02 Å². The van der Waals surface area contributed by atoms with Crippen LogP contribution < -0.4 is 5.32 Å². The quantitative estimate of drug-likeness (QED) is 0.849. The van der Waals surface area contributed by atoms with Gasteiger partial charge in [0.1, 0.15) is 5.69 Å². The maximum absolute atomic E-state index is 12.4. The number of carbonyl (C=O) groups excluding carboxylic acids is 2. The topological polar surface area (TPSA) is 65.2 Å². The van der Waals surface area contributed by atoms with Crippen molar-refractivity contribution in [3.8, 4) is 0 Å². The van der Waals surface area contributed by atoms with Crippen molar-refractivity contribution in [1.29, 1.82) is 0 Å². The fraction of sp³-hybridized carbons (Fsp3) is 0.412. The first-order valence-corrected chi connectivity index (χ1v) is 8.74. The van der Waals surface area contributed by atoms with E-state index < -0.39 is 0 Å². The number of likely N-dealkylation sites (tertiary alicyclic amines) is 1. The van der Waals surface area contributed by atoms with Gasteiger partial charge in [0.15, 0.2) is 0 Å². The largest absolute Gasteiger partial charge is 0.350 e. The predicted molar refractivity (Wildman–Crippen MR) is 95.6 cm³/mol. The second-order valence-electron chi connectivity index (χ2n) is 6.26. The molecule has 5 nitrogen and oxygen atoms in total. The zero-order chi connectivity index (χ0) is 17.3. The molecule has 0 unspecified atom stereocenters. The van der Waals surface area contributed by atoms with E-state index in [1.807, 2.05) is 11.8 Å². The van der Waals surface area contributed by atoms with Crippen LogP contribution in [-0.4, -0.2) is 41.3 Å². The van der Waals surface area contributed by atoms with Gasteiger partial charge in [-0.1, -0.05) is 30.1 Å². The van der Waals surface area contributed by atoms with E-state index in [2.05, 4.69) is 10.3 Å². The number of hydrogen-bond acceptors (Lipinski definition) is 2. The van der Waals surface area contributed by atoms with Gasteiger partial charge in [-0.25, -0.2) is 0 Å². The molecule has 1 aromatic heterocycles. The number of halogens is 2. The van der Waals surface area contributed by atoms with E-state index >= 15 is 0 Å². The van der Waals surface area contributed by atoms with Crippen LogP contribution in [0.4, 0.5) is 0 Å². The van der Waals surface area contributed by atoms with Crippen molar-refractivity contribution in [2.75, 3.05) is 19.6 Å². The van der Waals surface area contributed by atoms with Crippen LogP contribution in [0, 0.1) is 5.92 Å². The number of nitrogens with one attached hydrogen (secondary N) is 2. The summed E-state index contributed by atoms with van der Waals surface area (Å²) >= 11 is 12.3. The van der Waals surface area contributed by atoms with E-state index in [4.69, 9.17) is 23.2 Å². The zero-order valence-electron chi connectivity index (χ0n) is 13.4. The highest BCUT2D eigenvalue weighted by molar-refractivity contribution is 6.39. The van der Waals surface area contributed by atoms with E-state index in [-0.39, 0.29) is 17.7 Å². The Morgan fingerprint density at radius 2 is 2.21 bits per heavy atom. The highest BCUT2D eigenvalue weighted by atomic mass is 35.5. The minimum absolute atomic E-state index is 0.175. The lowest BCUT2D eigenvalue weighted by Crippen LogP contribution is -2.36. The van der Waals surface area contributed by atoms with Crippen molar-refractivity contribution in [3.63, 3.8) is 0 Å². The SMILES string of the molecule is C[C@@H](CNC(=O)c1[nH]c2ccc(Cl)cc2c1Cl)CN1CCCC1=O. The summed E-state index contributed by atoms with van der Waals surface area (Å²) in [6.45, 7) is 3.97. The van der Waals surface area contributed by atoms with Crippen LogP contribution in [0.15, 0.2) is 18.2 Å². The molecular weight excluding hydrogens is 349 g/mol. The summed E-state index contributed by atoms with van der Waals surface area (Å²) < 4.78 is 0. The number of carbonyl (C=O) groups is 2. The second-order valence-corrected chi connectivity index (χ2v) is 7.08. The lowest BCUT2D eigenvalue weighted by atomic mass is 10.1. The molecule has 3 rings (SSSR count). The summed E-state index contributed by atoms with van der Waals surface area (Å²) in [6, 6.07) is 5.27. The monoisotopic (exact) mass is 367 g/mol. The normalized spacial score (nSPS) is 16.0. The minimum atomic E-state index is -0.257. The average Bonchev–Trinajstić information content (AvgIpc) is 3.09. The van der Waals surface area contributed by atoms with Crippen molar-refractivity contribution in [3.05, 3.63) is 33.9 Å². The Bertz CT molecular complexity index is 787. The number of aromatic amines is 1. The average molecular weight is 368 g/mol. The van der Waals surface area contributed by atoms with Crippen LogP contribution in [0.25, 0.3) is 10.9 Å². The van der Waals surface area contributed by atoms with Crippen LogP contribution in [-0.2, 0) is 4.79 Å². The van der Waals surface area contributed by atoms with Crippen LogP contribution in [0.2, 0.25) is 10.0 Å². The Labute approximate surface area is 150 Å². The predicted octanol–water partition coefficient (Wildman–Crippen LogP) is 3.46. The highest BCUT2D eigenvalue weighted by Crippen LogP contribution is 2.29. The molecule has 0 bridgehead atoms. The van der Waals surface area contributed by atoms with E-state index in [0.717, 1.165) is 23.9 Å². The van der Waals surface area contributed by atoms with Crippen LogP contribution >= 0.6 is 23.2 Å². The molecule has 1 aliphatic rings. The molecule has 1 aliphatic heterocycles. The fourth-order valence-electron chi connectivity index (χ4n) is 2.98. The molecule has 1 saturated heterocycles. The van der Waals surface area contributed by atoms with Gasteiger partial charge in [0, 0.05) is 42.0 Å². The molecule has 24 heavy (non-hydrogen) atoms. The Kier molecular flexibility index (Phi) is 5.01. The molecule has 0 radical (unpaired) electrons. The Hall–Kier alpha value is -1.72. The molecule has 2 heterocycles. The van der Waals surface area contributed by atoms with Gasteiger partial charge < -0.3 is 15.2 Å². The Morgan fingerprint density at radius 3 is 2.92 bits per heavy atom. The van der Waals surface area contributed by atoms with Crippen molar-refractivity contribution >= 4 is 45.9 Å². The van der Waals surface area contributed by atoms with Gasteiger partial charge >= 0.3 is 0 Å². The number of rotatable bonds is 5. The van der Waals surface area contributed by atoms with Gasteiger partial charge in [0.2, 0.25) is 5.91 Å². The lowest BCUT2D eigenvalue weighted by Gasteiger charge is -2.20. The second kappa shape index (κ2) is 7.03. The van der Waals surface area contributed by atoms with Crippen molar-refractivity contribution < 1.29 is 9.59 Å². The van der Waals surface area contributed by atoms with E-state index in [1.54, 1.807) is 18.2 Å². The molecule has 1 aromatic carbocycles. The molecule has 128 valence electrons. The number of benzene rings is 1. The lowest BCUT2D eigenvalue weighted by molar-refractivity contribution is -0.128. The number of H-pyrrole nitrogens is 1. The van der Waals surface area contributed by atoms with Crippen molar-refractivity contribution in [2.45, 2.75) is 19.8 Å². The number of aromatic nitrogens is 1. The Morgan fingerprint density at radius 1 is 1.42 bits per heavy atom. The zero-order valence-corrected chi connectivity index (χ0v) is 14.9. The number of hydrogen-bond donors (Lipinski definition) is 2. The van der Waals surface area contributed by atoms with Gasteiger partial charge in [-0.2, -0.15) is 0 Å². The Balaban J connectivity index is 1.62. The van der Waals surface area contributed by atoms with Crippen LogP contribution in [0.5, 0.6) is 0 Å². The smallest absolute Gasteiger partial charge is 0.269 e. The molecule has 0 saturated carbocycles. The maximum Gasteiger partial charge on any atom is 0.269 e. The van der Waals surface area contributed by atoms with Crippen molar-refractivity contribution in [2.24, 2.45) is 5.92 Å². The number of fused-ring (bicyclic) bond motifs is 1. The molecule has 2 amide bonds. The highest BCUT2D eigenvalue weighted by Gasteiger charge is 2.22. The van der Waals surface area contributed by atoms with Gasteiger partial charge in [0.25, 0.3) is 5.91 Å². The summed E-state index contributed by atoms with van der Waals surface area (Å²) in [4.78, 5) is 28.9. The molecule has 2 N–H and O–H groups in total. The third kappa shape index (κ3) is 3.52. The number of nitrogens with zero attached hydrogens (tertiary/aromatic N) is 1. The molecule has 1 atom stereocenters. The fourth-order valence-corrected chi connectivity index (χ4v) is 3.44. The van der Waals surface area contributed by atoms with E-state index in [1.165, 1.54) is 0 Å². The molecule has 2 aromatic rings. The first-order valence-electron chi connectivity index (χ1n) is 7.98. The standard InChI is InChI=1S/C17H19Cl2N3O2/c1-10(9-22-6-2-3-14(22)23)8-20-17(24)16-15(19)12-7-11(18)4-5-13(12)21-16/h4-5,7,10,21H,2-3,6,8-9H2,1H3,(H,20,24)/t10-/m0/s1. The number of amides is 2. The van der Waals surface area contributed by atoms with Gasteiger partial charge in [-0.05, 0) is 30.5 Å². The summed E-state index contributed by atoms with van der Waals surface area (Å²) in [6.07, 6.45) is 1.55. The summed E-state index contributed by atoms with van der Waals surface area (Å²) in [7, 11) is 0. The van der Waals surface area contributed by atoms with Crippen LogP contribution in [0.1, 0.15) is 30.3 Å². The first kappa shape index (κ1) is 17.1. The van der Waals surface area contributed by atoms with E-state index in [0.29, 0.717) is 35.2 Å². The minimum Gasteiger partial charge on any atom is -0.350 e. The molecule has 0 aliphatic carbocycles. The van der Waals surface area contributed by atoms with Crippen molar-refractivity contribution in [1.82, 2.24) is 15.2 Å². The summed E-state index contributed by atoms with van der Waals surface area (Å²) in [5, 5.41) is 4.54. The molecular formula is C17H19Cl2N3O2. The molecule has 0 spiro atoms. The van der Waals surface area contributed by atoms with E-state index in [9.17, 15) is 9.59 Å². The van der Waals surface area contributed by atoms with Gasteiger partial charge in [-0.3, -0.25) is 9.59 Å². The third-order valence-corrected chi connectivity index (χ3v) is 4.87. The van der Waals surface area contributed by atoms with Crippen LogP contribution in [0.3, 0.4) is 0 Å².